The van der Waals surface area contributed by atoms with E-state index in [0.717, 1.165) is 30.5 Å². The van der Waals surface area contributed by atoms with Crippen molar-refractivity contribution >= 4 is 38.4 Å². The minimum Gasteiger partial charge on any atom is -0.337 e. The topological polar surface area (TPSA) is 84.0 Å². The molecule has 1 heterocycles. The predicted molar refractivity (Wildman–Crippen MR) is 130 cm³/mol. The molecule has 0 unspecified atom stereocenters. The summed E-state index contributed by atoms with van der Waals surface area (Å²) >= 11 is 0. The molecule has 7 heteroatoms. The van der Waals surface area contributed by atoms with Crippen LogP contribution < -0.4 is 10.0 Å². The number of anilines is 3. The lowest BCUT2D eigenvalue weighted by molar-refractivity contribution is 0.601. The second-order valence-electron chi connectivity index (χ2n) is 7.76. The molecule has 3 aromatic carbocycles. The van der Waals surface area contributed by atoms with Gasteiger partial charge in [-0.25, -0.2) is 18.4 Å². The Morgan fingerprint density at radius 3 is 2.19 bits per heavy atom. The third-order valence-corrected chi connectivity index (χ3v) is 6.47. The fourth-order valence-electron chi connectivity index (χ4n) is 3.40. The number of nitrogens with one attached hydrogen (secondary N) is 2. The van der Waals surface area contributed by atoms with Crippen molar-refractivity contribution in [2.75, 3.05) is 10.0 Å². The van der Waals surface area contributed by atoms with Crippen molar-refractivity contribution < 1.29 is 8.42 Å². The summed E-state index contributed by atoms with van der Waals surface area (Å²) in [6.07, 6.45) is 3.33. The van der Waals surface area contributed by atoms with E-state index < -0.39 is 10.0 Å². The molecule has 0 bridgehead atoms. The van der Waals surface area contributed by atoms with Crippen LogP contribution in [0.4, 0.5) is 17.3 Å². The van der Waals surface area contributed by atoms with Gasteiger partial charge in [0.05, 0.1) is 15.9 Å². The molecule has 0 fully saturated rings. The van der Waals surface area contributed by atoms with Gasteiger partial charge in [-0.15, -0.1) is 0 Å². The zero-order valence-electron chi connectivity index (χ0n) is 18.2. The predicted octanol–water partition coefficient (Wildman–Crippen LogP) is 5.83. The number of unbranched alkanes of at least 4 members (excludes halogenated alkanes) is 1. The van der Waals surface area contributed by atoms with Crippen LogP contribution in [0, 0.1) is 6.92 Å². The molecule has 2 N–H and O–H groups in total. The summed E-state index contributed by atoms with van der Waals surface area (Å²) in [6.45, 7) is 4.03. The minimum atomic E-state index is -3.83. The number of hydrogen-bond donors (Lipinski definition) is 2. The van der Waals surface area contributed by atoms with Gasteiger partial charge in [0.25, 0.3) is 10.0 Å². The highest BCUT2D eigenvalue weighted by Crippen LogP contribution is 2.27. The average molecular weight is 447 g/mol. The van der Waals surface area contributed by atoms with E-state index in [1.165, 1.54) is 5.56 Å². The summed E-state index contributed by atoms with van der Waals surface area (Å²) in [5.41, 5.74) is 4.22. The zero-order valence-corrected chi connectivity index (χ0v) is 19.0. The van der Waals surface area contributed by atoms with E-state index in [2.05, 4.69) is 39.1 Å². The van der Waals surface area contributed by atoms with Crippen LogP contribution in [0.3, 0.4) is 0 Å². The molecule has 1 aromatic heterocycles. The molecule has 0 aliphatic heterocycles. The Hall–Kier alpha value is -3.45. The third kappa shape index (κ3) is 5.06. The zero-order chi connectivity index (χ0) is 22.6. The van der Waals surface area contributed by atoms with Gasteiger partial charge < -0.3 is 5.32 Å². The summed E-state index contributed by atoms with van der Waals surface area (Å²) in [4.78, 5) is 9.36. The second kappa shape index (κ2) is 9.36. The number of fused-ring (bicyclic) bond motifs is 1. The van der Waals surface area contributed by atoms with Gasteiger partial charge in [0.15, 0.2) is 11.6 Å². The van der Waals surface area contributed by atoms with Crippen molar-refractivity contribution in [3.63, 3.8) is 0 Å². The fourth-order valence-corrected chi connectivity index (χ4v) is 4.51. The van der Waals surface area contributed by atoms with Crippen molar-refractivity contribution in [1.29, 1.82) is 0 Å². The number of sulfonamides is 1. The maximum Gasteiger partial charge on any atom is 0.263 e. The lowest BCUT2D eigenvalue weighted by Crippen LogP contribution is -2.16. The molecule has 0 aliphatic carbocycles. The van der Waals surface area contributed by atoms with Gasteiger partial charge in [-0.3, -0.25) is 4.72 Å². The number of hydrogen-bond acceptors (Lipinski definition) is 5. The maximum atomic E-state index is 13.0. The highest BCUT2D eigenvalue weighted by atomic mass is 32.2. The van der Waals surface area contributed by atoms with Crippen molar-refractivity contribution in [3.05, 3.63) is 83.9 Å². The first-order chi connectivity index (χ1) is 15.4. The SMILES string of the molecule is CCCCc1ccc(Nc2nc3ccccc3nc2NS(=O)(=O)c2cccc(C)c2)cc1. The monoisotopic (exact) mass is 446 g/mol. The summed E-state index contributed by atoms with van der Waals surface area (Å²) in [6, 6.07) is 22.2. The molecule has 0 aliphatic rings. The lowest BCUT2D eigenvalue weighted by atomic mass is 10.1. The smallest absolute Gasteiger partial charge is 0.263 e. The quantitative estimate of drug-likeness (QED) is 0.356. The van der Waals surface area contributed by atoms with E-state index in [4.69, 9.17) is 0 Å². The first-order valence-corrected chi connectivity index (χ1v) is 12.1. The summed E-state index contributed by atoms with van der Waals surface area (Å²) in [5.74, 6) is 0.501. The van der Waals surface area contributed by atoms with Gasteiger partial charge in [0.2, 0.25) is 0 Å². The molecule has 0 amide bonds. The van der Waals surface area contributed by atoms with Crippen LogP contribution in [0.5, 0.6) is 0 Å². The first kappa shape index (κ1) is 21.8. The van der Waals surface area contributed by atoms with Crippen LogP contribution >= 0.6 is 0 Å². The summed E-state index contributed by atoms with van der Waals surface area (Å²) in [5, 5.41) is 3.23. The van der Waals surface area contributed by atoms with Crippen LogP contribution in [-0.2, 0) is 16.4 Å². The number of nitrogens with zero attached hydrogens (tertiary/aromatic N) is 2. The van der Waals surface area contributed by atoms with Crippen LogP contribution in [-0.4, -0.2) is 18.4 Å². The molecule has 0 spiro atoms. The molecule has 6 nitrogen and oxygen atoms in total. The molecule has 0 saturated carbocycles. The van der Waals surface area contributed by atoms with E-state index in [9.17, 15) is 8.42 Å². The Labute approximate surface area is 188 Å². The van der Waals surface area contributed by atoms with Gasteiger partial charge >= 0.3 is 0 Å². The van der Waals surface area contributed by atoms with Gasteiger partial charge in [-0.1, -0.05) is 49.7 Å². The van der Waals surface area contributed by atoms with E-state index in [1.807, 2.05) is 43.3 Å². The lowest BCUT2D eigenvalue weighted by Gasteiger charge is -2.14. The van der Waals surface area contributed by atoms with Crippen molar-refractivity contribution in [3.8, 4) is 0 Å². The highest BCUT2D eigenvalue weighted by Gasteiger charge is 2.19. The first-order valence-electron chi connectivity index (χ1n) is 10.7. The summed E-state index contributed by atoms with van der Waals surface area (Å²) < 4.78 is 28.7. The number of benzene rings is 3. The standard InChI is InChI=1S/C25H26N4O2S/c1-3-4-9-19-13-15-20(16-14-19)26-24-25(28-23-12-6-5-11-22(23)27-24)29-32(30,31)21-10-7-8-18(2)17-21/h5-8,10-17H,3-4,9H2,1-2H3,(H,26,27)(H,28,29). The van der Waals surface area contributed by atoms with Crippen LogP contribution in [0.2, 0.25) is 0 Å². The summed E-state index contributed by atoms with van der Waals surface area (Å²) in [7, 11) is -3.83. The molecule has 0 saturated heterocycles. The van der Waals surface area contributed by atoms with Gasteiger partial charge in [0.1, 0.15) is 0 Å². The molecule has 0 atom stereocenters. The third-order valence-electron chi connectivity index (χ3n) is 5.14. The highest BCUT2D eigenvalue weighted by molar-refractivity contribution is 7.92. The van der Waals surface area contributed by atoms with Crippen LogP contribution in [0.15, 0.2) is 77.7 Å². The van der Waals surface area contributed by atoms with E-state index in [0.29, 0.717) is 16.9 Å². The Kier molecular flexibility index (Phi) is 6.37. The molecule has 32 heavy (non-hydrogen) atoms. The maximum absolute atomic E-state index is 13.0. The van der Waals surface area contributed by atoms with Crippen molar-refractivity contribution in [2.24, 2.45) is 0 Å². The largest absolute Gasteiger partial charge is 0.337 e. The van der Waals surface area contributed by atoms with Crippen molar-refractivity contribution in [2.45, 2.75) is 38.0 Å². The van der Waals surface area contributed by atoms with Gasteiger partial charge in [-0.05, 0) is 67.3 Å². The number of aryl methyl sites for hydroxylation is 2. The average Bonchev–Trinajstić information content (AvgIpc) is 2.79. The second-order valence-corrected chi connectivity index (χ2v) is 9.44. The van der Waals surface area contributed by atoms with Crippen LogP contribution in [0.1, 0.15) is 30.9 Å². The van der Waals surface area contributed by atoms with E-state index >= 15 is 0 Å². The van der Waals surface area contributed by atoms with Crippen LogP contribution in [0.25, 0.3) is 11.0 Å². The van der Waals surface area contributed by atoms with Gasteiger partial charge in [-0.2, -0.15) is 0 Å². The Balaban J connectivity index is 1.69. The van der Waals surface area contributed by atoms with E-state index in [1.54, 1.807) is 24.3 Å². The normalized spacial score (nSPS) is 11.4. The Bertz CT molecular complexity index is 1340. The number of aromatic nitrogens is 2. The molecule has 164 valence electrons. The Morgan fingerprint density at radius 2 is 1.53 bits per heavy atom. The van der Waals surface area contributed by atoms with Crippen molar-refractivity contribution in [1.82, 2.24) is 9.97 Å². The van der Waals surface area contributed by atoms with Gasteiger partial charge in [0, 0.05) is 5.69 Å². The fraction of sp³-hybridized carbons (Fsp3) is 0.200. The number of para-hydroxylation sites is 2. The molecule has 4 aromatic rings. The minimum absolute atomic E-state index is 0.153. The Morgan fingerprint density at radius 1 is 0.844 bits per heavy atom. The molecular formula is C25H26N4O2S. The molecule has 4 rings (SSSR count). The molecular weight excluding hydrogens is 420 g/mol. The van der Waals surface area contributed by atoms with E-state index in [-0.39, 0.29) is 10.7 Å². The molecule has 0 radical (unpaired) electrons. The number of rotatable bonds is 8.